The Morgan fingerprint density at radius 3 is 2.26 bits per heavy atom. The van der Waals surface area contributed by atoms with Crippen molar-refractivity contribution in [2.45, 2.75) is 59.5 Å². The van der Waals surface area contributed by atoms with E-state index in [9.17, 15) is 18.0 Å². The zero-order valence-corrected chi connectivity index (χ0v) is 21.7. The Balaban J connectivity index is 2.15. The van der Waals surface area contributed by atoms with Gasteiger partial charge in [-0.2, -0.15) is 0 Å². The number of benzene rings is 2. The second-order valence-corrected chi connectivity index (χ2v) is 10.6. The van der Waals surface area contributed by atoms with Gasteiger partial charge in [0.25, 0.3) is 0 Å². The van der Waals surface area contributed by atoms with Gasteiger partial charge in [0.15, 0.2) is 0 Å². The van der Waals surface area contributed by atoms with Gasteiger partial charge in [-0.25, -0.2) is 8.42 Å². The number of carbonyl (C=O) groups excluding carboxylic acids is 2. The average molecular weight is 488 g/mol. The van der Waals surface area contributed by atoms with Gasteiger partial charge >= 0.3 is 0 Å². The summed E-state index contributed by atoms with van der Waals surface area (Å²) in [5, 5.41) is 2.87. The Morgan fingerprint density at radius 1 is 1.03 bits per heavy atom. The van der Waals surface area contributed by atoms with E-state index in [0.29, 0.717) is 25.2 Å². The topological polar surface area (TPSA) is 86.8 Å². The van der Waals surface area contributed by atoms with Crippen LogP contribution in [0.1, 0.15) is 49.8 Å². The quantitative estimate of drug-likeness (QED) is 0.493. The van der Waals surface area contributed by atoms with E-state index in [1.807, 2.05) is 57.2 Å². The van der Waals surface area contributed by atoms with E-state index in [0.717, 1.165) is 23.1 Å². The van der Waals surface area contributed by atoms with Crippen LogP contribution in [-0.2, 0) is 26.2 Å². The van der Waals surface area contributed by atoms with Crippen LogP contribution in [0.25, 0.3) is 0 Å². The van der Waals surface area contributed by atoms with E-state index in [2.05, 4.69) is 5.32 Å². The second-order valence-electron chi connectivity index (χ2n) is 8.69. The highest BCUT2D eigenvalue weighted by atomic mass is 32.2. The molecule has 2 rings (SSSR count). The highest BCUT2D eigenvalue weighted by Gasteiger charge is 2.26. The van der Waals surface area contributed by atoms with E-state index in [-0.39, 0.29) is 24.8 Å². The molecule has 0 unspecified atom stereocenters. The van der Waals surface area contributed by atoms with Gasteiger partial charge in [-0.15, -0.1) is 0 Å². The summed E-state index contributed by atoms with van der Waals surface area (Å²) in [6.07, 6.45) is 2.45. The summed E-state index contributed by atoms with van der Waals surface area (Å²) in [7, 11) is -3.50. The fourth-order valence-electron chi connectivity index (χ4n) is 3.66. The molecule has 8 heteroatoms. The number of anilines is 1. The molecule has 2 aromatic carbocycles. The Bertz CT molecular complexity index is 1070. The van der Waals surface area contributed by atoms with Gasteiger partial charge < -0.3 is 10.2 Å². The molecule has 7 nitrogen and oxygen atoms in total. The molecule has 0 saturated heterocycles. The molecule has 0 radical (unpaired) electrons. The van der Waals surface area contributed by atoms with Gasteiger partial charge in [0, 0.05) is 26.1 Å². The lowest BCUT2D eigenvalue weighted by Crippen LogP contribution is -2.48. The largest absolute Gasteiger partial charge is 0.354 e. The highest BCUT2D eigenvalue weighted by molar-refractivity contribution is 7.92. The molecule has 0 aliphatic carbocycles. The third-order valence-corrected chi connectivity index (χ3v) is 6.99. The van der Waals surface area contributed by atoms with Crippen molar-refractivity contribution < 1.29 is 18.0 Å². The predicted octanol–water partition coefficient (Wildman–Crippen LogP) is 3.79. The summed E-state index contributed by atoms with van der Waals surface area (Å²) < 4.78 is 26.1. The Kier molecular flexibility index (Phi) is 10.1. The first-order chi connectivity index (χ1) is 16.0. The molecule has 1 N–H and O–H groups in total. The van der Waals surface area contributed by atoms with Crippen molar-refractivity contribution in [3.63, 3.8) is 0 Å². The molecule has 0 aliphatic rings. The van der Waals surface area contributed by atoms with E-state index < -0.39 is 16.1 Å². The van der Waals surface area contributed by atoms with Crippen LogP contribution in [0.15, 0.2) is 48.5 Å². The number of rotatable bonds is 12. The molecule has 0 spiro atoms. The molecule has 1 atom stereocenters. The maximum atomic E-state index is 13.3. The van der Waals surface area contributed by atoms with Gasteiger partial charge in [-0.05, 0) is 56.9 Å². The monoisotopic (exact) mass is 487 g/mol. The van der Waals surface area contributed by atoms with Gasteiger partial charge in [0.05, 0.1) is 11.9 Å². The summed E-state index contributed by atoms with van der Waals surface area (Å²) in [5.41, 5.74) is 3.63. The third-order valence-electron chi connectivity index (χ3n) is 5.79. The van der Waals surface area contributed by atoms with Crippen LogP contribution >= 0.6 is 0 Å². The molecule has 0 saturated carbocycles. The second kappa shape index (κ2) is 12.6. The number of nitrogens with zero attached hydrogens (tertiary/aromatic N) is 2. The van der Waals surface area contributed by atoms with Crippen LogP contribution in [0.3, 0.4) is 0 Å². The first-order valence-corrected chi connectivity index (χ1v) is 13.6. The minimum Gasteiger partial charge on any atom is -0.354 e. The Labute approximate surface area is 204 Å². The average Bonchev–Trinajstić information content (AvgIpc) is 2.79. The molecule has 2 aromatic rings. The van der Waals surface area contributed by atoms with Gasteiger partial charge in [0.2, 0.25) is 21.8 Å². The lowest BCUT2D eigenvalue weighted by Gasteiger charge is -2.30. The van der Waals surface area contributed by atoms with Crippen LogP contribution in [0.4, 0.5) is 5.69 Å². The summed E-state index contributed by atoms with van der Waals surface area (Å²) >= 11 is 0. The van der Waals surface area contributed by atoms with E-state index in [1.165, 1.54) is 10.6 Å². The van der Waals surface area contributed by atoms with Crippen molar-refractivity contribution in [2.24, 2.45) is 0 Å². The summed E-state index contributed by atoms with van der Waals surface area (Å²) in [4.78, 5) is 27.5. The Morgan fingerprint density at radius 2 is 1.68 bits per heavy atom. The minimum absolute atomic E-state index is 0.134. The van der Waals surface area contributed by atoms with Crippen molar-refractivity contribution in [2.75, 3.05) is 23.7 Å². The summed E-state index contributed by atoms with van der Waals surface area (Å²) in [6, 6.07) is 14.4. The zero-order valence-electron chi connectivity index (χ0n) is 20.9. The van der Waals surface area contributed by atoms with Crippen LogP contribution in [0.2, 0.25) is 0 Å². The van der Waals surface area contributed by atoms with Crippen LogP contribution in [0.5, 0.6) is 0 Å². The first-order valence-electron chi connectivity index (χ1n) is 11.7. The molecule has 0 aromatic heterocycles. The van der Waals surface area contributed by atoms with Crippen molar-refractivity contribution in [1.29, 1.82) is 0 Å². The van der Waals surface area contributed by atoms with Crippen LogP contribution in [0, 0.1) is 13.8 Å². The predicted molar refractivity (Wildman–Crippen MR) is 137 cm³/mol. The molecular weight excluding hydrogens is 450 g/mol. The van der Waals surface area contributed by atoms with Gasteiger partial charge in [-0.3, -0.25) is 13.9 Å². The van der Waals surface area contributed by atoms with E-state index >= 15 is 0 Å². The van der Waals surface area contributed by atoms with Crippen LogP contribution in [-0.4, -0.2) is 50.5 Å². The zero-order chi connectivity index (χ0) is 25.3. The highest BCUT2D eigenvalue weighted by Crippen LogP contribution is 2.20. The molecule has 34 heavy (non-hydrogen) atoms. The fraction of sp³-hybridized carbons (Fsp3) is 0.462. The standard InChI is InChI=1S/C26H37N3O4S/c1-6-17-27-26(31)22(4)28(19-23-11-8-7-10-21(23)3)25(30)12-9-18-29(34(5,32)33)24-15-13-20(2)14-16-24/h7-8,10-11,13-16,22H,6,9,12,17-19H2,1-5H3,(H,27,31)/t22-/m0/s1. The molecule has 0 bridgehead atoms. The molecule has 0 heterocycles. The van der Waals surface area contributed by atoms with Crippen molar-refractivity contribution in [1.82, 2.24) is 10.2 Å². The molecular formula is C26H37N3O4S. The number of hydrogen-bond acceptors (Lipinski definition) is 4. The maximum absolute atomic E-state index is 13.3. The molecule has 0 aliphatic heterocycles. The number of amides is 2. The Hall–Kier alpha value is -2.87. The molecule has 0 fully saturated rings. The lowest BCUT2D eigenvalue weighted by molar-refractivity contribution is -0.140. The normalized spacial score (nSPS) is 12.1. The van der Waals surface area contributed by atoms with E-state index in [4.69, 9.17) is 0 Å². The SMILES string of the molecule is CCCNC(=O)[C@H](C)N(Cc1ccccc1C)C(=O)CCCN(c1ccc(C)cc1)S(C)(=O)=O. The van der Waals surface area contributed by atoms with Gasteiger partial charge in [-0.1, -0.05) is 48.9 Å². The lowest BCUT2D eigenvalue weighted by atomic mass is 10.1. The molecule has 186 valence electrons. The number of sulfonamides is 1. The first kappa shape index (κ1) is 27.4. The number of aryl methyl sites for hydroxylation is 2. The summed E-state index contributed by atoms with van der Waals surface area (Å²) in [6.45, 7) is 8.68. The van der Waals surface area contributed by atoms with Crippen molar-refractivity contribution in [3.05, 3.63) is 65.2 Å². The van der Waals surface area contributed by atoms with Gasteiger partial charge in [0.1, 0.15) is 6.04 Å². The molecule has 2 amide bonds. The smallest absolute Gasteiger partial charge is 0.242 e. The van der Waals surface area contributed by atoms with Crippen molar-refractivity contribution >= 4 is 27.5 Å². The van der Waals surface area contributed by atoms with Crippen LogP contribution < -0.4 is 9.62 Å². The minimum atomic E-state index is -3.50. The summed E-state index contributed by atoms with van der Waals surface area (Å²) in [5.74, 6) is -0.374. The number of hydrogen-bond donors (Lipinski definition) is 1. The van der Waals surface area contributed by atoms with E-state index in [1.54, 1.807) is 24.0 Å². The fourth-order valence-corrected chi connectivity index (χ4v) is 4.63. The van der Waals surface area contributed by atoms with Crippen molar-refractivity contribution in [3.8, 4) is 0 Å². The number of carbonyl (C=O) groups is 2. The third kappa shape index (κ3) is 7.87. The number of nitrogens with one attached hydrogen (secondary N) is 1. The maximum Gasteiger partial charge on any atom is 0.242 e.